The zero-order valence-corrected chi connectivity index (χ0v) is 12.7. The third-order valence-corrected chi connectivity index (χ3v) is 4.54. The summed E-state index contributed by atoms with van der Waals surface area (Å²) < 4.78 is 5.42. The predicted molar refractivity (Wildman–Crippen MR) is 84.6 cm³/mol. The molecule has 21 heavy (non-hydrogen) atoms. The maximum atomic E-state index is 10.8. The van der Waals surface area contributed by atoms with E-state index in [4.69, 9.17) is 4.74 Å². The Kier molecular flexibility index (Phi) is 3.98. The van der Waals surface area contributed by atoms with Crippen LogP contribution in [0.5, 0.6) is 5.75 Å². The smallest absolute Gasteiger partial charge is 0.124 e. The van der Waals surface area contributed by atoms with Crippen molar-refractivity contribution in [1.82, 2.24) is 0 Å². The molecule has 0 radical (unpaired) electrons. The molecule has 2 atom stereocenters. The summed E-state index contributed by atoms with van der Waals surface area (Å²) in [6.45, 7) is 2.05. The Hall–Kier alpha value is -1.80. The van der Waals surface area contributed by atoms with Crippen molar-refractivity contribution in [3.63, 3.8) is 0 Å². The van der Waals surface area contributed by atoms with Gasteiger partial charge in [0.05, 0.1) is 13.2 Å². The van der Waals surface area contributed by atoms with Crippen molar-refractivity contribution in [3.8, 4) is 5.75 Å². The number of rotatable bonds is 3. The van der Waals surface area contributed by atoms with Crippen LogP contribution in [0.2, 0.25) is 0 Å². The second-order valence-corrected chi connectivity index (χ2v) is 5.96. The van der Waals surface area contributed by atoms with Crippen LogP contribution in [0.15, 0.2) is 42.5 Å². The molecule has 110 valence electrons. The van der Waals surface area contributed by atoms with Gasteiger partial charge in [-0.05, 0) is 55.4 Å². The molecule has 2 aromatic carbocycles. The molecule has 1 N–H and O–H groups in total. The van der Waals surface area contributed by atoms with Crippen molar-refractivity contribution in [2.75, 3.05) is 7.11 Å². The van der Waals surface area contributed by atoms with E-state index < -0.39 is 6.10 Å². The van der Waals surface area contributed by atoms with E-state index in [-0.39, 0.29) is 5.92 Å². The van der Waals surface area contributed by atoms with Crippen molar-refractivity contribution in [2.24, 2.45) is 5.92 Å². The van der Waals surface area contributed by atoms with E-state index in [2.05, 4.69) is 24.3 Å². The summed E-state index contributed by atoms with van der Waals surface area (Å²) in [5, 5.41) is 10.8. The van der Waals surface area contributed by atoms with Crippen molar-refractivity contribution in [3.05, 3.63) is 64.7 Å². The Labute approximate surface area is 126 Å². The van der Waals surface area contributed by atoms with E-state index in [0.717, 1.165) is 36.1 Å². The number of fused-ring (bicyclic) bond motifs is 1. The monoisotopic (exact) mass is 282 g/mol. The van der Waals surface area contributed by atoms with Gasteiger partial charge in [0.1, 0.15) is 5.75 Å². The Bertz CT molecular complexity index is 633. The van der Waals surface area contributed by atoms with Crippen LogP contribution in [0.1, 0.15) is 34.8 Å². The van der Waals surface area contributed by atoms with Crippen LogP contribution in [0.25, 0.3) is 0 Å². The van der Waals surface area contributed by atoms with Crippen LogP contribution in [-0.4, -0.2) is 12.2 Å². The highest BCUT2D eigenvalue weighted by molar-refractivity contribution is 5.39. The van der Waals surface area contributed by atoms with Crippen LogP contribution in [0, 0.1) is 12.8 Å². The summed E-state index contributed by atoms with van der Waals surface area (Å²) in [7, 11) is 1.66. The number of methoxy groups -OCH3 is 1. The highest BCUT2D eigenvalue weighted by atomic mass is 16.5. The van der Waals surface area contributed by atoms with Crippen LogP contribution >= 0.6 is 0 Å². The first-order chi connectivity index (χ1) is 10.2. The number of ether oxygens (including phenoxy) is 1. The van der Waals surface area contributed by atoms with Gasteiger partial charge < -0.3 is 9.84 Å². The number of aliphatic hydroxyl groups excluding tert-OH is 1. The number of aryl methyl sites for hydroxylation is 2. The minimum Gasteiger partial charge on any atom is -0.496 e. The second-order valence-electron chi connectivity index (χ2n) is 5.96. The summed E-state index contributed by atoms with van der Waals surface area (Å²) in [5.41, 5.74) is 4.87. The average Bonchev–Trinajstić information content (AvgIpc) is 2.53. The molecule has 1 aliphatic carbocycles. The van der Waals surface area contributed by atoms with Gasteiger partial charge in [-0.25, -0.2) is 0 Å². The number of aliphatic hydroxyl groups is 1. The first-order valence-electron chi connectivity index (χ1n) is 7.58. The third-order valence-electron chi connectivity index (χ3n) is 4.54. The Morgan fingerprint density at radius 3 is 2.67 bits per heavy atom. The third kappa shape index (κ3) is 2.81. The Balaban J connectivity index is 1.87. The van der Waals surface area contributed by atoms with Gasteiger partial charge in [-0.15, -0.1) is 0 Å². The number of hydrogen-bond donors (Lipinski definition) is 1. The van der Waals surface area contributed by atoms with Gasteiger partial charge in [0.2, 0.25) is 0 Å². The van der Waals surface area contributed by atoms with Gasteiger partial charge in [0, 0.05) is 5.56 Å². The molecular weight excluding hydrogens is 260 g/mol. The van der Waals surface area contributed by atoms with Gasteiger partial charge in [-0.3, -0.25) is 0 Å². The summed E-state index contributed by atoms with van der Waals surface area (Å²) >= 11 is 0. The molecular formula is C19H22O2. The van der Waals surface area contributed by atoms with Gasteiger partial charge in [-0.2, -0.15) is 0 Å². The quantitative estimate of drug-likeness (QED) is 0.926. The summed E-state index contributed by atoms with van der Waals surface area (Å²) in [6.07, 6.45) is 2.55. The van der Waals surface area contributed by atoms with E-state index in [1.54, 1.807) is 7.11 Å². The molecule has 1 aliphatic rings. The molecule has 0 bridgehead atoms. The van der Waals surface area contributed by atoms with E-state index in [1.807, 2.05) is 25.1 Å². The second kappa shape index (κ2) is 5.90. The molecule has 2 nitrogen and oxygen atoms in total. The first-order valence-corrected chi connectivity index (χ1v) is 7.58. The molecule has 0 aliphatic heterocycles. The topological polar surface area (TPSA) is 29.5 Å². The van der Waals surface area contributed by atoms with Crippen molar-refractivity contribution >= 4 is 0 Å². The maximum absolute atomic E-state index is 10.8. The van der Waals surface area contributed by atoms with Crippen molar-refractivity contribution < 1.29 is 9.84 Å². The fourth-order valence-electron chi connectivity index (χ4n) is 3.33. The van der Waals surface area contributed by atoms with Crippen molar-refractivity contribution in [1.29, 1.82) is 0 Å². The van der Waals surface area contributed by atoms with Gasteiger partial charge in [0.25, 0.3) is 0 Å². The molecule has 0 saturated heterocycles. The maximum Gasteiger partial charge on any atom is 0.124 e. The fraction of sp³-hybridized carbons (Fsp3) is 0.368. The van der Waals surface area contributed by atoms with Crippen LogP contribution < -0.4 is 4.74 Å². The SMILES string of the molecule is COc1ccc(C)cc1C(O)C1CCc2ccccc2C1. The molecule has 2 heteroatoms. The molecule has 0 amide bonds. The lowest BCUT2D eigenvalue weighted by atomic mass is 9.79. The lowest BCUT2D eigenvalue weighted by Gasteiger charge is -2.29. The minimum atomic E-state index is -0.465. The molecule has 0 saturated carbocycles. The van der Waals surface area contributed by atoms with Crippen LogP contribution in [0.4, 0.5) is 0 Å². The largest absolute Gasteiger partial charge is 0.496 e. The molecule has 0 spiro atoms. The van der Waals surface area contributed by atoms with Crippen LogP contribution in [-0.2, 0) is 12.8 Å². The zero-order valence-electron chi connectivity index (χ0n) is 12.7. The number of hydrogen-bond acceptors (Lipinski definition) is 2. The molecule has 2 aromatic rings. The average molecular weight is 282 g/mol. The minimum absolute atomic E-state index is 0.260. The van der Waals surface area contributed by atoms with Crippen LogP contribution in [0.3, 0.4) is 0 Å². The molecule has 3 rings (SSSR count). The summed E-state index contributed by atoms with van der Waals surface area (Å²) in [5.74, 6) is 1.04. The Morgan fingerprint density at radius 1 is 1.14 bits per heavy atom. The molecule has 0 fully saturated rings. The molecule has 0 aromatic heterocycles. The van der Waals surface area contributed by atoms with Crippen molar-refractivity contribution in [2.45, 2.75) is 32.3 Å². The zero-order chi connectivity index (χ0) is 14.8. The molecule has 0 heterocycles. The fourth-order valence-corrected chi connectivity index (χ4v) is 3.33. The Morgan fingerprint density at radius 2 is 1.90 bits per heavy atom. The molecule has 2 unspecified atom stereocenters. The van der Waals surface area contributed by atoms with E-state index >= 15 is 0 Å². The van der Waals surface area contributed by atoms with Gasteiger partial charge in [0.15, 0.2) is 0 Å². The van der Waals surface area contributed by atoms with E-state index in [9.17, 15) is 5.11 Å². The lowest BCUT2D eigenvalue weighted by Crippen LogP contribution is -2.21. The normalized spacial score (nSPS) is 18.9. The number of benzene rings is 2. The van der Waals surface area contributed by atoms with Gasteiger partial charge in [-0.1, -0.05) is 35.9 Å². The highest BCUT2D eigenvalue weighted by Crippen LogP contribution is 2.37. The summed E-state index contributed by atoms with van der Waals surface area (Å²) in [6, 6.07) is 14.6. The standard InChI is InChI=1S/C19H22O2/c1-13-7-10-18(21-2)17(11-13)19(20)16-9-8-14-5-3-4-6-15(14)12-16/h3-7,10-11,16,19-20H,8-9,12H2,1-2H3. The lowest BCUT2D eigenvalue weighted by molar-refractivity contribution is 0.0967. The van der Waals surface area contributed by atoms with E-state index in [1.165, 1.54) is 11.1 Å². The highest BCUT2D eigenvalue weighted by Gasteiger charge is 2.27. The van der Waals surface area contributed by atoms with Gasteiger partial charge >= 0.3 is 0 Å². The first kappa shape index (κ1) is 14.2. The van der Waals surface area contributed by atoms with E-state index in [0.29, 0.717) is 0 Å². The predicted octanol–water partition coefficient (Wildman–Crippen LogP) is 3.84. The summed E-state index contributed by atoms with van der Waals surface area (Å²) in [4.78, 5) is 0.